The lowest BCUT2D eigenvalue weighted by molar-refractivity contribution is 0.0961. The molecule has 0 unspecified atom stereocenters. The summed E-state index contributed by atoms with van der Waals surface area (Å²) in [5.74, 6) is -0.193. The Hall–Kier alpha value is -2.52. The number of hydrogen-bond donors (Lipinski definition) is 3. The molecule has 0 bridgehead atoms. The standard InChI is InChI=1S/C17H21N5O3S/c1-10-4-7-14(26(24,25)22-13-5-6-13)9-15(10)16(23)20-21-17-18-11(2)8-12(3)19-17/h4,7-9,13,22H,5-6H2,1-3H3,(H,20,23)(H,18,19,21). The molecular weight excluding hydrogens is 354 g/mol. The highest BCUT2D eigenvalue weighted by molar-refractivity contribution is 7.89. The van der Waals surface area contributed by atoms with Crippen molar-refractivity contribution in [1.29, 1.82) is 0 Å². The molecule has 0 aliphatic heterocycles. The van der Waals surface area contributed by atoms with Gasteiger partial charge in [0.05, 0.1) is 4.90 Å². The highest BCUT2D eigenvalue weighted by atomic mass is 32.2. The number of hydrogen-bond acceptors (Lipinski definition) is 6. The largest absolute Gasteiger partial charge is 0.270 e. The van der Waals surface area contributed by atoms with Crippen LogP contribution in [0.15, 0.2) is 29.2 Å². The number of rotatable bonds is 6. The Morgan fingerprint density at radius 2 is 1.73 bits per heavy atom. The van der Waals surface area contributed by atoms with Gasteiger partial charge in [-0.05, 0) is 57.4 Å². The first-order valence-corrected chi connectivity index (χ1v) is 9.74. The summed E-state index contributed by atoms with van der Waals surface area (Å²) < 4.78 is 27.3. The normalized spacial score (nSPS) is 14.1. The van der Waals surface area contributed by atoms with Crippen molar-refractivity contribution in [2.45, 2.75) is 44.6 Å². The Morgan fingerprint density at radius 1 is 1.08 bits per heavy atom. The molecular formula is C17H21N5O3S. The van der Waals surface area contributed by atoms with E-state index in [2.05, 4.69) is 25.5 Å². The molecule has 0 atom stereocenters. The molecule has 1 aromatic heterocycles. The number of amides is 1. The monoisotopic (exact) mass is 375 g/mol. The zero-order chi connectivity index (χ0) is 18.9. The van der Waals surface area contributed by atoms with Crippen molar-refractivity contribution in [1.82, 2.24) is 20.1 Å². The minimum Gasteiger partial charge on any atom is -0.267 e. The second-order valence-electron chi connectivity index (χ2n) is 6.43. The van der Waals surface area contributed by atoms with Crippen molar-refractivity contribution in [2.75, 3.05) is 5.43 Å². The number of nitrogens with one attached hydrogen (secondary N) is 3. The lowest BCUT2D eigenvalue weighted by Crippen LogP contribution is -2.31. The summed E-state index contributed by atoms with van der Waals surface area (Å²) in [5, 5.41) is 0. The molecule has 1 aliphatic rings. The molecule has 1 heterocycles. The molecule has 1 aliphatic carbocycles. The number of sulfonamides is 1. The third-order valence-corrected chi connectivity index (χ3v) is 5.45. The third-order valence-electron chi connectivity index (χ3n) is 3.93. The molecule has 2 aromatic rings. The van der Waals surface area contributed by atoms with E-state index >= 15 is 0 Å². The molecule has 3 N–H and O–H groups in total. The molecule has 3 rings (SSSR count). The smallest absolute Gasteiger partial charge is 0.267 e. The van der Waals surface area contributed by atoms with Crippen LogP contribution in [0.3, 0.4) is 0 Å². The van der Waals surface area contributed by atoms with E-state index in [1.807, 2.05) is 19.9 Å². The molecule has 1 fully saturated rings. The first-order valence-electron chi connectivity index (χ1n) is 8.26. The van der Waals surface area contributed by atoms with Crippen LogP contribution in [0.2, 0.25) is 0 Å². The molecule has 9 heteroatoms. The van der Waals surface area contributed by atoms with Gasteiger partial charge in [-0.2, -0.15) is 0 Å². The van der Waals surface area contributed by atoms with Crippen LogP contribution >= 0.6 is 0 Å². The van der Waals surface area contributed by atoms with Crippen LogP contribution < -0.4 is 15.6 Å². The van der Waals surface area contributed by atoms with Gasteiger partial charge in [-0.25, -0.2) is 23.1 Å². The van der Waals surface area contributed by atoms with Crippen molar-refractivity contribution >= 4 is 21.9 Å². The van der Waals surface area contributed by atoms with E-state index in [1.165, 1.54) is 12.1 Å². The van der Waals surface area contributed by atoms with Crippen molar-refractivity contribution < 1.29 is 13.2 Å². The van der Waals surface area contributed by atoms with Gasteiger partial charge in [0.1, 0.15) is 0 Å². The number of nitrogens with zero attached hydrogens (tertiary/aromatic N) is 2. The van der Waals surface area contributed by atoms with Crippen molar-refractivity contribution in [2.24, 2.45) is 0 Å². The van der Waals surface area contributed by atoms with Gasteiger partial charge in [0.2, 0.25) is 16.0 Å². The number of carbonyl (C=O) groups is 1. The molecule has 138 valence electrons. The van der Waals surface area contributed by atoms with Crippen LogP contribution in [0.5, 0.6) is 0 Å². The molecule has 0 saturated heterocycles. The highest BCUT2D eigenvalue weighted by Gasteiger charge is 2.28. The Balaban J connectivity index is 1.77. The molecule has 1 saturated carbocycles. The zero-order valence-corrected chi connectivity index (χ0v) is 15.6. The van der Waals surface area contributed by atoms with E-state index in [0.717, 1.165) is 24.2 Å². The van der Waals surface area contributed by atoms with Gasteiger partial charge in [0.25, 0.3) is 5.91 Å². The Morgan fingerprint density at radius 3 is 2.35 bits per heavy atom. The van der Waals surface area contributed by atoms with E-state index in [4.69, 9.17) is 0 Å². The second-order valence-corrected chi connectivity index (χ2v) is 8.14. The van der Waals surface area contributed by atoms with E-state index in [0.29, 0.717) is 5.56 Å². The third kappa shape index (κ3) is 4.36. The van der Waals surface area contributed by atoms with Gasteiger partial charge in [0, 0.05) is 23.0 Å². The van der Waals surface area contributed by atoms with E-state index in [9.17, 15) is 13.2 Å². The fraction of sp³-hybridized carbons (Fsp3) is 0.353. The fourth-order valence-electron chi connectivity index (χ4n) is 2.46. The summed E-state index contributed by atoms with van der Waals surface area (Å²) in [7, 11) is -3.62. The molecule has 0 spiro atoms. The summed E-state index contributed by atoms with van der Waals surface area (Å²) >= 11 is 0. The maximum atomic E-state index is 12.5. The fourth-order valence-corrected chi connectivity index (χ4v) is 3.79. The van der Waals surface area contributed by atoms with Crippen molar-refractivity contribution in [3.05, 3.63) is 46.8 Å². The summed E-state index contributed by atoms with van der Waals surface area (Å²) in [6.07, 6.45) is 1.69. The molecule has 1 amide bonds. The number of carbonyl (C=O) groups excluding carboxylic acids is 1. The Kier molecular flexibility index (Phi) is 4.92. The van der Waals surface area contributed by atoms with Gasteiger partial charge < -0.3 is 0 Å². The maximum Gasteiger partial charge on any atom is 0.270 e. The van der Waals surface area contributed by atoms with Gasteiger partial charge in [-0.1, -0.05) is 6.07 Å². The first-order chi connectivity index (χ1) is 12.2. The SMILES string of the molecule is Cc1cc(C)nc(NNC(=O)c2cc(S(=O)(=O)NC3CC3)ccc2C)n1. The van der Waals surface area contributed by atoms with Crippen LogP contribution in [0.1, 0.15) is 40.2 Å². The molecule has 8 nitrogen and oxygen atoms in total. The molecule has 26 heavy (non-hydrogen) atoms. The maximum absolute atomic E-state index is 12.5. The molecule has 0 radical (unpaired) electrons. The number of hydrazine groups is 1. The lowest BCUT2D eigenvalue weighted by Gasteiger charge is -2.12. The van der Waals surface area contributed by atoms with Gasteiger partial charge >= 0.3 is 0 Å². The molecule has 1 aromatic carbocycles. The highest BCUT2D eigenvalue weighted by Crippen LogP contribution is 2.23. The summed E-state index contributed by atoms with van der Waals surface area (Å²) in [4.78, 5) is 20.9. The average molecular weight is 375 g/mol. The quantitative estimate of drug-likeness (QED) is 0.661. The Bertz CT molecular complexity index is 935. The first kappa shape index (κ1) is 18.3. The van der Waals surface area contributed by atoms with E-state index < -0.39 is 15.9 Å². The summed E-state index contributed by atoms with van der Waals surface area (Å²) in [6.45, 7) is 5.40. The second kappa shape index (κ2) is 7.00. The lowest BCUT2D eigenvalue weighted by atomic mass is 10.1. The van der Waals surface area contributed by atoms with E-state index in [1.54, 1.807) is 13.0 Å². The van der Waals surface area contributed by atoms with Crippen LogP contribution in [-0.2, 0) is 10.0 Å². The number of benzene rings is 1. The number of aromatic nitrogens is 2. The summed E-state index contributed by atoms with van der Waals surface area (Å²) in [6, 6.07) is 6.31. The predicted octanol–water partition coefficient (Wildman–Crippen LogP) is 1.60. The topological polar surface area (TPSA) is 113 Å². The van der Waals surface area contributed by atoms with Crippen LogP contribution in [0.4, 0.5) is 5.95 Å². The predicted molar refractivity (Wildman–Crippen MR) is 97.1 cm³/mol. The van der Waals surface area contributed by atoms with Gasteiger partial charge in [-0.3, -0.25) is 15.6 Å². The average Bonchev–Trinajstić information content (AvgIpc) is 3.35. The Labute approximate surface area is 152 Å². The van der Waals surface area contributed by atoms with Crippen LogP contribution in [0.25, 0.3) is 0 Å². The van der Waals surface area contributed by atoms with Gasteiger partial charge in [-0.15, -0.1) is 0 Å². The minimum atomic E-state index is -3.62. The van der Waals surface area contributed by atoms with Crippen molar-refractivity contribution in [3.63, 3.8) is 0 Å². The summed E-state index contributed by atoms with van der Waals surface area (Å²) in [5.41, 5.74) is 7.64. The van der Waals surface area contributed by atoms with Crippen molar-refractivity contribution in [3.8, 4) is 0 Å². The van der Waals surface area contributed by atoms with Gasteiger partial charge in [0.15, 0.2) is 0 Å². The van der Waals surface area contributed by atoms with Crippen LogP contribution in [0, 0.1) is 20.8 Å². The number of anilines is 1. The number of aryl methyl sites for hydroxylation is 3. The van der Waals surface area contributed by atoms with E-state index in [-0.39, 0.29) is 22.4 Å². The zero-order valence-electron chi connectivity index (χ0n) is 14.8. The van der Waals surface area contributed by atoms with Crippen LogP contribution in [-0.4, -0.2) is 30.3 Å². The minimum absolute atomic E-state index is 0.00181.